The molecule has 9 heteroatoms. The van der Waals surface area contributed by atoms with Crippen LogP contribution in [-0.2, 0) is 17.8 Å². The lowest BCUT2D eigenvalue weighted by molar-refractivity contribution is -0.126. The van der Waals surface area contributed by atoms with Crippen molar-refractivity contribution in [3.8, 4) is 11.5 Å². The zero-order valence-electron chi connectivity index (χ0n) is 30.8. The monoisotopic (exact) mass is 726 g/mol. The van der Waals surface area contributed by atoms with Crippen molar-refractivity contribution in [1.82, 2.24) is 15.1 Å². The van der Waals surface area contributed by atoms with E-state index >= 15 is 0 Å². The summed E-state index contributed by atoms with van der Waals surface area (Å²) in [5.74, 6) is 1.49. The number of carbonyl (C=O) groups is 2. The smallest absolute Gasteiger partial charge is 0.255 e. The summed E-state index contributed by atoms with van der Waals surface area (Å²) in [6, 6.07) is 30.6. The number of piperidine rings is 1. The molecule has 4 aromatic carbocycles. The van der Waals surface area contributed by atoms with Gasteiger partial charge in [0.15, 0.2) is 0 Å². The molecular formula is C45H50N4O5. The Morgan fingerprint density at radius 3 is 2.43 bits per heavy atom. The number of carbonyl (C=O) groups excluding carboxylic acids is 2. The number of fused-ring (bicyclic) bond motifs is 2. The highest BCUT2D eigenvalue weighted by atomic mass is 16.5. The van der Waals surface area contributed by atoms with Crippen LogP contribution in [0.1, 0.15) is 82.1 Å². The van der Waals surface area contributed by atoms with Gasteiger partial charge in [0.25, 0.3) is 5.91 Å². The molecule has 2 saturated heterocycles. The largest absolute Gasteiger partial charge is 0.508 e. The number of hydrogen-bond acceptors (Lipinski definition) is 7. The van der Waals surface area contributed by atoms with E-state index < -0.39 is 12.1 Å². The summed E-state index contributed by atoms with van der Waals surface area (Å²) in [4.78, 5) is 32.1. The summed E-state index contributed by atoms with van der Waals surface area (Å²) in [5.41, 5.74) is 8.55. The Balaban J connectivity index is 0.790. The zero-order valence-corrected chi connectivity index (χ0v) is 30.8. The van der Waals surface area contributed by atoms with Crippen molar-refractivity contribution < 1.29 is 24.5 Å². The van der Waals surface area contributed by atoms with Crippen molar-refractivity contribution in [2.75, 3.05) is 44.2 Å². The number of nitrogens with one attached hydrogen (secondary N) is 1. The fourth-order valence-electron chi connectivity index (χ4n) is 8.97. The molecule has 0 aromatic heterocycles. The molecule has 4 aromatic rings. The van der Waals surface area contributed by atoms with Crippen LogP contribution >= 0.6 is 0 Å². The summed E-state index contributed by atoms with van der Waals surface area (Å²) >= 11 is 0. The predicted molar refractivity (Wildman–Crippen MR) is 210 cm³/mol. The zero-order chi connectivity index (χ0) is 37.2. The first-order valence-electron chi connectivity index (χ1n) is 19.5. The molecule has 0 spiro atoms. The third-order valence-electron chi connectivity index (χ3n) is 11.8. The molecule has 4 atom stereocenters. The van der Waals surface area contributed by atoms with Gasteiger partial charge in [-0.05, 0) is 115 Å². The van der Waals surface area contributed by atoms with Gasteiger partial charge in [-0.25, -0.2) is 0 Å². The highest BCUT2D eigenvalue weighted by molar-refractivity contribution is 6.01. The molecule has 0 radical (unpaired) electrons. The maximum atomic E-state index is 13.1. The van der Waals surface area contributed by atoms with Crippen LogP contribution in [0.5, 0.6) is 11.5 Å². The molecule has 3 N–H and O–H groups in total. The molecule has 3 aliphatic heterocycles. The fourth-order valence-corrected chi connectivity index (χ4v) is 8.97. The Hall–Kier alpha value is -5.12. The number of amides is 2. The molecule has 54 heavy (non-hydrogen) atoms. The summed E-state index contributed by atoms with van der Waals surface area (Å²) in [5, 5.41) is 23.8. The lowest BCUT2D eigenvalue weighted by Gasteiger charge is -2.37. The van der Waals surface area contributed by atoms with E-state index in [4.69, 9.17) is 4.74 Å². The van der Waals surface area contributed by atoms with E-state index in [-0.39, 0.29) is 17.7 Å². The highest BCUT2D eigenvalue weighted by Gasteiger charge is 2.38. The number of aryl methyl sites for hydroxylation is 1. The number of nitrogens with zero attached hydrogens (tertiary/aromatic N) is 3. The third kappa shape index (κ3) is 7.61. The summed E-state index contributed by atoms with van der Waals surface area (Å²) in [7, 11) is 0. The first kappa shape index (κ1) is 35.9. The minimum atomic E-state index is -0.455. The van der Waals surface area contributed by atoms with Gasteiger partial charge in [-0.1, -0.05) is 55.1 Å². The van der Waals surface area contributed by atoms with Crippen molar-refractivity contribution in [3.63, 3.8) is 0 Å². The van der Waals surface area contributed by atoms with Crippen LogP contribution < -0.4 is 15.0 Å². The molecule has 2 fully saturated rings. The van der Waals surface area contributed by atoms with Gasteiger partial charge in [0.1, 0.15) is 17.5 Å². The molecule has 4 aliphatic rings. The van der Waals surface area contributed by atoms with Gasteiger partial charge in [-0.3, -0.25) is 14.5 Å². The van der Waals surface area contributed by atoms with E-state index in [2.05, 4.69) is 88.4 Å². The number of aliphatic hydroxyl groups is 1. The second kappa shape index (κ2) is 15.7. The fraction of sp³-hybridized carbons (Fsp3) is 0.378. The number of anilines is 1. The standard InChI is InChI=1S/C45H50N4O5/c1-30-9-20-42(44(52)46-30)49-28-34-26-35(13-18-41(34)45(49)53)48-23-21-47(22-24-48)29-37(51)8-5-25-54-38-15-10-32(11-16-38)43-39(31-6-3-2-4-7-31)17-12-33-27-36(50)14-19-40(33)43/h2-4,6-7,10-11,13-16,18-19,26-27,37,39,42-43,50-51H,1,5,8-9,12,17,20-25,28-29H2,(H,46,52)/t37?,39-,42?,43+/m1/s1. The first-order valence-corrected chi connectivity index (χ1v) is 19.5. The van der Waals surface area contributed by atoms with Gasteiger partial charge in [-0.15, -0.1) is 0 Å². The third-order valence-corrected chi connectivity index (χ3v) is 11.8. The van der Waals surface area contributed by atoms with Crippen LogP contribution in [0.25, 0.3) is 0 Å². The van der Waals surface area contributed by atoms with Gasteiger partial charge in [0.2, 0.25) is 5.91 Å². The number of rotatable bonds is 11. The number of aliphatic hydroxyl groups excluding tert-OH is 1. The van der Waals surface area contributed by atoms with Gasteiger partial charge in [0, 0.05) is 62.1 Å². The Kier molecular flexibility index (Phi) is 10.4. The van der Waals surface area contributed by atoms with Crippen LogP contribution in [0.3, 0.4) is 0 Å². The summed E-state index contributed by atoms with van der Waals surface area (Å²) in [6.45, 7) is 8.88. The van der Waals surface area contributed by atoms with Crippen LogP contribution in [-0.4, -0.2) is 83.3 Å². The van der Waals surface area contributed by atoms with Crippen LogP contribution in [0.2, 0.25) is 0 Å². The molecule has 0 saturated carbocycles. The van der Waals surface area contributed by atoms with E-state index in [1.54, 1.807) is 11.0 Å². The number of phenols is 1. The lowest BCUT2D eigenvalue weighted by Crippen LogP contribution is -2.49. The van der Waals surface area contributed by atoms with E-state index in [9.17, 15) is 19.8 Å². The molecule has 9 nitrogen and oxygen atoms in total. The van der Waals surface area contributed by atoms with Crippen molar-refractivity contribution in [3.05, 3.63) is 137 Å². The van der Waals surface area contributed by atoms with Crippen molar-refractivity contribution >= 4 is 17.5 Å². The van der Waals surface area contributed by atoms with Gasteiger partial charge in [0.05, 0.1) is 12.7 Å². The van der Waals surface area contributed by atoms with E-state index in [0.29, 0.717) is 61.9 Å². The number of β-amino-alcohol motifs (C(OH)–C–C–N with tert-alkyl or cyclic N) is 1. The summed E-state index contributed by atoms with van der Waals surface area (Å²) in [6.07, 6.45) is 4.28. The highest BCUT2D eigenvalue weighted by Crippen LogP contribution is 2.47. The number of piperazine rings is 1. The molecule has 2 amide bonds. The first-order chi connectivity index (χ1) is 26.3. The Morgan fingerprint density at radius 2 is 1.65 bits per heavy atom. The second-order valence-corrected chi connectivity index (χ2v) is 15.3. The Morgan fingerprint density at radius 1 is 0.852 bits per heavy atom. The van der Waals surface area contributed by atoms with Crippen molar-refractivity contribution in [2.24, 2.45) is 0 Å². The molecule has 1 aliphatic carbocycles. The van der Waals surface area contributed by atoms with E-state index in [1.807, 2.05) is 18.2 Å². The minimum absolute atomic E-state index is 0.0761. The maximum absolute atomic E-state index is 13.1. The SMILES string of the molecule is C=C1CCC(N2Cc3cc(N4CCN(CC(O)CCCOc5ccc([C@@H]6c7ccc(O)cc7CC[C@@H]6c6ccccc6)cc5)CC4)ccc3C2=O)C(=O)N1. The number of ether oxygens (including phenoxy) is 1. The lowest BCUT2D eigenvalue weighted by atomic mass is 9.69. The van der Waals surface area contributed by atoms with Crippen LogP contribution in [0.4, 0.5) is 5.69 Å². The van der Waals surface area contributed by atoms with Crippen molar-refractivity contribution in [1.29, 1.82) is 0 Å². The minimum Gasteiger partial charge on any atom is -0.508 e. The topological polar surface area (TPSA) is 106 Å². The quantitative estimate of drug-likeness (QED) is 0.155. The number of aromatic hydroxyl groups is 1. The molecule has 8 rings (SSSR count). The van der Waals surface area contributed by atoms with Crippen LogP contribution in [0.15, 0.2) is 103 Å². The van der Waals surface area contributed by atoms with Gasteiger partial charge >= 0.3 is 0 Å². The normalized spacial score (nSPS) is 22.1. The number of benzene rings is 4. The Bertz CT molecular complexity index is 1990. The summed E-state index contributed by atoms with van der Waals surface area (Å²) < 4.78 is 6.13. The second-order valence-electron chi connectivity index (χ2n) is 15.3. The van der Waals surface area contributed by atoms with E-state index in [0.717, 1.165) is 62.4 Å². The number of hydrogen-bond donors (Lipinski definition) is 3. The maximum Gasteiger partial charge on any atom is 0.255 e. The number of phenolic OH excluding ortho intramolecular Hbond substituents is 1. The molecule has 280 valence electrons. The average molecular weight is 727 g/mol. The molecular weight excluding hydrogens is 677 g/mol. The van der Waals surface area contributed by atoms with Gasteiger partial charge in [-0.2, -0.15) is 0 Å². The van der Waals surface area contributed by atoms with Gasteiger partial charge < -0.3 is 30.1 Å². The van der Waals surface area contributed by atoms with E-state index in [1.165, 1.54) is 22.3 Å². The van der Waals surface area contributed by atoms with Crippen molar-refractivity contribution in [2.45, 2.75) is 69.1 Å². The molecule has 3 heterocycles. The molecule has 0 bridgehead atoms. The number of allylic oxidation sites excluding steroid dienone is 1. The Labute approximate surface area is 317 Å². The van der Waals surface area contributed by atoms with Crippen LogP contribution in [0, 0.1) is 0 Å². The average Bonchev–Trinajstić information content (AvgIpc) is 3.51. The molecule has 2 unspecified atom stereocenters. The predicted octanol–water partition coefficient (Wildman–Crippen LogP) is 6.34.